The van der Waals surface area contributed by atoms with E-state index in [0.717, 1.165) is 16.9 Å². The van der Waals surface area contributed by atoms with Gasteiger partial charge in [0.1, 0.15) is 18.5 Å². The maximum absolute atomic E-state index is 10.3. The third-order valence-electron chi connectivity index (χ3n) is 2.66. The molecule has 1 atom stereocenters. The van der Waals surface area contributed by atoms with E-state index in [0.29, 0.717) is 6.61 Å². The summed E-state index contributed by atoms with van der Waals surface area (Å²) in [6.07, 6.45) is 1.07. The van der Waals surface area contributed by atoms with Crippen LogP contribution in [0.5, 0.6) is 5.75 Å². The van der Waals surface area contributed by atoms with Gasteiger partial charge in [0.25, 0.3) is 0 Å². The topological polar surface area (TPSA) is 29.5 Å². The van der Waals surface area contributed by atoms with Crippen LogP contribution in [0.4, 0.5) is 0 Å². The second-order valence-corrected chi connectivity index (χ2v) is 3.99. The normalized spacial score (nSPS) is 11.8. The van der Waals surface area contributed by atoms with Crippen molar-refractivity contribution in [2.24, 2.45) is 0 Å². The lowest BCUT2D eigenvalue weighted by Crippen LogP contribution is -2.00. The maximum atomic E-state index is 10.3. The molecule has 0 aromatic heterocycles. The Morgan fingerprint density at radius 1 is 1.06 bits per heavy atom. The first-order valence-electron chi connectivity index (χ1n) is 5.88. The van der Waals surface area contributed by atoms with Crippen molar-refractivity contribution in [1.29, 1.82) is 0 Å². The van der Waals surface area contributed by atoms with E-state index in [1.807, 2.05) is 54.6 Å². The molecule has 2 nitrogen and oxygen atoms in total. The van der Waals surface area contributed by atoms with Gasteiger partial charge in [0, 0.05) is 0 Å². The van der Waals surface area contributed by atoms with E-state index in [2.05, 4.69) is 6.58 Å². The van der Waals surface area contributed by atoms with Crippen molar-refractivity contribution in [2.45, 2.75) is 6.10 Å². The Morgan fingerprint density at radius 2 is 1.78 bits per heavy atom. The van der Waals surface area contributed by atoms with E-state index >= 15 is 0 Å². The molecule has 1 unspecified atom stereocenters. The van der Waals surface area contributed by atoms with Gasteiger partial charge in [-0.25, -0.2) is 0 Å². The number of aliphatic hydroxyl groups excluding tert-OH is 1. The van der Waals surface area contributed by atoms with Crippen LogP contribution >= 0.6 is 0 Å². The molecular formula is C16H16O2. The summed E-state index contributed by atoms with van der Waals surface area (Å²) in [5.74, 6) is 0.738. The van der Waals surface area contributed by atoms with Crippen LogP contribution in [0.15, 0.2) is 67.3 Å². The van der Waals surface area contributed by atoms with Crippen LogP contribution < -0.4 is 4.74 Å². The molecule has 0 spiro atoms. The van der Waals surface area contributed by atoms with Crippen LogP contribution in [0.25, 0.3) is 0 Å². The molecule has 0 radical (unpaired) electrons. The first kappa shape index (κ1) is 12.4. The van der Waals surface area contributed by atoms with E-state index in [1.165, 1.54) is 0 Å². The van der Waals surface area contributed by atoms with Gasteiger partial charge < -0.3 is 9.84 Å². The first-order valence-corrected chi connectivity index (χ1v) is 5.88. The summed E-state index contributed by atoms with van der Waals surface area (Å²) in [4.78, 5) is 0. The van der Waals surface area contributed by atoms with E-state index in [1.54, 1.807) is 6.08 Å². The van der Waals surface area contributed by atoms with Crippen molar-refractivity contribution in [3.63, 3.8) is 0 Å². The minimum absolute atomic E-state index is 0.463. The van der Waals surface area contributed by atoms with Gasteiger partial charge in [-0.05, 0) is 23.3 Å². The SMILES string of the molecule is C=CCOc1cccc(C(O)c2ccccc2)c1. The summed E-state index contributed by atoms with van der Waals surface area (Å²) in [6.45, 7) is 4.07. The van der Waals surface area contributed by atoms with Crippen LogP contribution in [0, 0.1) is 0 Å². The lowest BCUT2D eigenvalue weighted by molar-refractivity contribution is 0.219. The molecule has 2 aromatic carbocycles. The van der Waals surface area contributed by atoms with Gasteiger partial charge in [-0.2, -0.15) is 0 Å². The number of hydrogen-bond donors (Lipinski definition) is 1. The van der Waals surface area contributed by atoms with Crippen molar-refractivity contribution in [1.82, 2.24) is 0 Å². The summed E-state index contributed by atoms with van der Waals surface area (Å²) in [5, 5.41) is 10.3. The fourth-order valence-corrected chi connectivity index (χ4v) is 1.76. The Morgan fingerprint density at radius 3 is 2.50 bits per heavy atom. The van der Waals surface area contributed by atoms with Crippen LogP contribution in [-0.4, -0.2) is 11.7 Å². The van der Waals surface area contributed by atoms with Gasteiger partial charge in [-0.1, -0.05) is 55.1 Å². The minimum Gasteiger partial charge on any atom is -0.490 e. The molecule has 0 aliphatic carbocycles. The molecule has 0 bridgehead atoms. The number of rotatable bonds is 5. The summed E-state index contributed by atoms with van der Waals surface area (Å²) >= 11 is 0. The quantitative estimate of drug-likeness (QED) is 0.812. The Hall–Kier alpha value is -2.06. The molecule has 92 valence electrons. The van der Waals surface area contributed by atoms with Gasteiger partial charge in [-0.15, -0.1) is 0 Å². The predicted molar refractivity (Wildman–Crippen MR) is 72.6 cm³/mol. The minimum atomic E-state index is -0.626. The third-order valence-corrected chi connectivity index (χ3v) is 2.66. The molecule has 0 fully saturated rings. The summed E-state index contributed by atoms with van der Waals surface area (Å²) < 4.78 is 5.45. The Balaban J connectivity index is 2.20. The summed E-state index contributed by atoms with van der Waals surface area (Å²) in [7, 11) is 0. The number of hydrogen-bond acceptors (Lipinski definition) is 2. The van der Waals surface area contributed by atoms with Gasteiger partial charge in [0.15, 0.2) is 0 Å². The molecule has 0 amide bonds. The second-order valence-electron chi connectivity index (χ2n) is 3.99. The lowest BCUT2D eigenvalue weighted by Gasteiger charge is -2.12. The van der Waals surface area contributed by atoms with E-state index < -0.39 is 6.10 Å². The standard InChI is InChI=1S/C16H16O2/c1-2-11-18-15-10-6-9-14(12-15)16(17)13-7-4-3-5-8-13/h2-10,12,16-17H,1,11H2. The fraction of sp³-hybridized carbons (Fsp3) is 0.125. The van der Waals surface area contributed by atoms with E-state index in [9.17, 15) is 5.11 Å². The zero-order valence-corrected chi connectivity index (χ0v) is 10.1. The van der Waals surface area contributed by atoms with Crippen LogP contribution in [0.1, 0.15) is 17.2 Å². The average molecular weight is 240 g/mol. The van der Waals surface area contributed by atoms with Crippen molar-refractivity contribution >= 4 is 0 Å². The number of aliphatic hydroxyl groups is 1. The molecule has 2 aromatic rings. The van der Waals surface area contributed by atoms with Crippen molar-refractivity contribution in [3.8, 4) is 5.75 Å². The Bertz CT molecular complexity index is 506. The molecular weight excluding hydrogens is 224 g/mol. The van der Waals surface area contributed by atoms with Crippen molar-refractivity contribution < 1.29 is 9.84 Å². The van der Waals surface area contributed by atoms with E-state index in [-0.39, 0.29) is 0 Å². The Kier molecular flexibility index (Phi) is 4.15. The molecule has 1 N–H and O–H groups in total. The smallest absolute Gasteiger partial charge is 0.120 e. The monoisotopic (exact) mass is 240 g/mol. The maximum Gasteiger partial charge on any atom is 0.120 e. The zero-order valence-electron chi connectivity index (χ0n) is 10.1. The molecule has 18 heavy (non-hydrogen) atoms. The highest BCUT2D eigenvalue weighted by Crippen LogP contribution is 2.24. The fourth-order valence-electron chi connectivity index (χ4n) is 1.76. The molecule has 0 saturated heterocycles. The highest BCUT2D eigenvalue weighted by Gasteiger charge is 2.10. The van der Waals surface area contributed by atoms with Crippen LogP contribution in [0.3, 0.4) is 0 Å². The van der Waals surface area contributed by atoms with Crippen LogP contribution in [0.2, 0.25) is 0 Å². The first-order chi connectivity index (χ1) is 8.81. The van der Waals surface area contributed by atoms with Gasteiger partial charge in [0.05, 0.1) is 0 Å². The highest BCUT2D eigenvalue weighted by atomic mass is 16.5. The molecule has 2 heteroatoms. The van der Waals surface area contributed by atoms with Gasteiger partial charge in [0.2, 0.25) is 0 Å². The number of benzene rings is 2. The number of ether oxygens (including phenoxy) is 1. The molecule has 0 saturated carbocycles. The van der Waals surface area contributed by atoms with Gasteiger partial charge >= 0.3 is 0 Å². The second kappa shape index (κ2) is 6.03. The molecule has 0 aliphatic heterocycles. The van der Waals surface area contributed by atoms with Crippen molar-refractivity contribution in [2.75, 3.05) is 6.61 Å². The average Bonchev–Trinajstić information content (AvgIpc) is 2.45. The summed E-state index contributed by atoms with van der Waals surface area (Å²) in [6, 6.07) is 17.0. The summed E-state index contributed by atoms with van der Waals surface area (Å²) in [5.41, 5.74) is 1.70. The molecule has 0 heterocycles. The van der Waals surface area contributed by atoms with Gasteiger partial charge in [-0.3, -0.25) is 0 Å². The largest absolute Gasteiger partial charge is 0.490 e. The predicted octanol–water partition coefficient (Wildman–Crippen LogP) is 3.33. The Labute approximate surface area is 107 Å². The van der Waals surface area contributed by atoms with Crippen molar-refractivity contribution in [3.05, 3.63) is 78.4 Å². The zero-order chi connectivity index (χ0) is 12.8. The van der Waals surface area contributed by atoms with E-state index in [4.69, 9.17) is 4.74 Å². The van der Waals surface area contributed by atoms with Crippen LogP contribution in [-0.2, 0) is 0 Å². The molecule has 0 aliphatic rings. The lowest BCUT2D eigenvalue weighted by atomic mass is 10.0. The third kappa shape index (κ3) is 2.99. The molecule has 2 rings (SSSR count). The highest BCUT2D eigenvalue weighted by molar-refractivity contribution is 5.35.